The lowest BCUT2D eigenvalue weighted by Gasteiger charge is -2.20. The van der Waals surface area contributed by atoms with Crippen LogP contribution in [0.2, 0.25) is 0 Å². The number of benzene rings is 1. The fourth-order valence-electron chi connectivity index (χ4n) is 2.44. The van der Waals surface area contributed by atoms with Crippen molar-refractivity contribution in [1.29, 1.82) is 0 Å². The van der Waals surface area contributed by atoms with Crippen LogP contribution in [0.3, 0.4) is 0 Å². The summed E-state index contributed by atoms with van der Waals surface area (Å²) in [7, 11) is -1.82. The van der Waals surface area contributed by atoms with E-state index in [1.54, 1.807) is 18.4 Å². The molecule has 0 radical (unpaired) electrons. The molecule has 1 aromatic heterocycles. The van der Waals surface area contributed by atoms with Gasteiger partial charge in [0.25, 0.3) is 0 Å². The molecule has 0 amide bonds. The molecular weight excluding hydrogens is 290 g/mol. The third kappa shape index (κ3) is 2.95. The van der Waals surface area contributed by atoms with E-state index < -0.39 is 10.0 Å². The van der Waals surface area contributed by atoms with Crippen LogP contribution in [0.15, 0.2) is 34.5 Å². The first-order valence-corrected chi connectivity index (χ1v) is 8.71. The van der Waals surface area contributed by atoms with E-state index in [4.69, 9.17) is 0 Å². The second-order valence-corrected chi connectivity index (χ2v) is 8.08. The zero-order chi connectivity index (χ0) is 14.9. The minimum atomic E-state index is -3.45. The molecule has 0 unspecified atom stereocenters. The summed E-state index contributed by atoms with van der Waals surface area (Å²) in [6.07, 6.45) is 0. The van der Waals surface area contributed by atoms with Gasteiger partial charge in [-0.3, -0.25) is 0 Å². The standard InChI is InChI=1S/C15H19NO2S2/c1-11-8-12(2)15(13(3)9-11)20(17,18)16(4)10-14-6-5-7-19-14/h5-9H,10H2,1-4H3. The number of nitrogens with zero attached hydrogens (tertiary/aromatic N) is 1. The number of aryl methyl sites for hydroxylation is 3. The summed E-state index contributed by atoms with van der Waals surface area (Å²) in [5.74, 6) is 0. The average molecular weight is 309 g/mol. The normalized spacial score (nSPS) is 12.1. The van der Waals surface area contributed by atoms with Crippen LogP contribution in [-0.4, -0.2) is 19.8 Å². The molecule has 0 saturated carbocycles. The quantitative estimate of drug-likeness (QED) is 0.867. The maximum atomic E-state index is 12.7. The Balaban J connectivity index is 2.40. The molecule has 1 aromatic carbocycles. The summed E-state index contributed by atoms with van der Waals surface area (Å²) in [6, 6.07) is 7.71. The van der Waals surface area contributed by atoms with Crippen LogP contribution < -0.4 is 0 Å². The average Bonchev–Trinajstić information content (AvgIpc) is 2.79. The lowest BCUT2D eigenvalue weighted by atomic mass is 10.1. The van der Waals surface area contributed by atoms with Gasteiger partial charge >= 0.3 is 0 Å². The number of thiophene rings is 1. The maximum Gasteiger partial charge on any atom is 0.243 e. The molecule has 2 aromatic rings. The van der Waals surface area contributed by atoms with Crippen LogP contribution in [0.4, 0.5) is 0 Å². The monoisotopic (exact) mass is 309 g/mol. The predicted octanol–water partition coefficient (Wildman–Crippen LogP) is 3.49. The molecule has 0 aliphatic carbocycles. The minimum absolute atomic E-state index is 0.409. The molecule has 20 heavy (non-hydrogen) atoms. The molecular formula is C15H19NO2S2. The van der Waals surface area contributed by atoms with Gasteiger partial charge in [0.05, 0.1) is 4.90 Å². The Hall–Kier alpha value is -1.17. The number of hydrogen-bond acceptors (Lipinski definition) is 3. The van der Waals surface area contributed by atoms with Crippen molar-refractivity contribution in [3.63, 3.8) is 0 Å². The van der Waals surface area contributed by atoms with Gasteiger partial charge in [-0.25, -0.2) is 8.42 Å². The first-order chi connectivity index (χ1) is 9.32. The second-order valence-electron chi connectivity index (χ2n) is 5.07. The third-order valence-corrected chi connectivity index (χ3v) is 6.20. The molecule has 2 rings (SSSR count). The number of rotatable bonds is 4. The second kappa shape index (κ2) is 5.68. The van der Waals surface area contributed by atoms with Crippen LogP contribution in [0.25, 0.3) is 0 Å². The predicted molar refractivity (Wildman–Crippen MR) is 83.6 cm³/mol. The summed E-state index contributed by atoms with van der Waals surface area (Å²) in [5, 5.41) is 1.96. The minimum Gasteiger partial charge on any atom is -0.207 e. The highest BCUT2D eigenvalue weighted by atomic mass is 32.2. The smallest absolute Gasteiger partial charge is 0.207 e. The van der Waals surface area contributed by atoms with E-state index in [1.807, 2.05) is 50.4 Å². The highest BCUT2D eigenvalue weighted by Gasteiger charge is 2.25. The molecule has 3 nitrogen and oxygen atoms in total. The van der Waals surface area contributed by atoms with Crippen LogP contribution in [-0.2, 0) is 16.6 Å². The Kier molecular flexibility index (Phi) is 4.32. The van der Waals surface area contributed by atoms with Crippen molar-refractivity contribution in [2.24, 2.45) is 0 Å². The van der Waals surface area contributed by atoms with Gasteiger partial charge in [0.1, 0.15) is 0 Å². The lowest BCUT2D eigenvalue weighted by Crippen LogP contribution is -2.27. The van der Waals surface area contributed by atoms with Gasteiger partial charge in [-0.2, -0.15) is 4.31 Å². The molecule has 5 heteroatoms. The van der Waals surface area contributed by atoms with E-state index in [0.29, 0.717) is 11.4 Å². The Morgan fingerprint density at radius 3 is 2.25 bits per heavy atom. The fraction of sp³-hybridized carbons (Fsp3) is 0.333. The molecule has 108 valence electrons. The van der Waals surface area contributed by atoms with Gasteiger partial charge in [-0.1, -0.05) is 23.8 Å². The maximum absolute atomic E-state index is 12.7. The number of hydrogen-bond donors (Lipinski definition) is 0. The molecule has 0 fully saturated rings. The Morgan fingerprint density at radius 2 is 1.75 bits per heavy atom. The molecule has 0 saturated heterocycles. The van der Waals surface area contributed by atoms with Gasteiger partial charge in [-0.05, 0) is 43.3 Å². The van der Waals surface area contributed by atoms with Gasteiger partial charge in [0.2, 0.25) is 10.0 Å². The Labute approximate surface area is 124 Å². The van der Waals surface area contributed by atoms with Gasteiger partial charge in [0, 0.05) is 18.5 Å². The van der Waals surface area contributed by atoms with E-state index >= 15 is 0 Å². The summed E-state index contributed by atoms with van der Waals surface area (Å²) in [6.45, 7) is 6.09. The summed E-state index contributed by atoms with van der Waals surface area (Å²) < 4.78 is 26.9. The van der Waals surface area contributed by atoms with Crippen LogP contribution in [0, 0.1) is 20.8 Å². The highest BCUT2D eigenvalue weighted by Crippen LogP contribution is 2.26. The summed E-state index contributed by atoms with van der Waals surface area (Å²) >= 11 is 1.57. The van der Waals surface area contributed by atoms with E-state index in [1.165, 1.54) is 4.31 Å². The Morgan fingerprint density at radius 1 is 1.15 bits per heavy atom. The number of sulfonamides is 1. The Bertz CT molecular complexity index is 680. The van der Waals surface area contributed by atoms with Gasteiger partial charge < -0.3 is 0 Å². The van der Waals surface area contributed by atoms with E-state index in [-0.39, 0.29) is 0 Å². The molecule has 1 heterocycles. The topological polar surface area (TPSA) is 37.4 Å². The van der Waals surface area contributed by atoms with Crippen molar-refractivity contribution in [1.82, 2.24) is 4.31 Å². The van der Waals surface area contributed by atoms with Gasteiger partial charge in [-0.15, -0.1) is 11.3 Å². The van der Waals surface area contributed by atoms with Crippen molar-refractivity contribution in [3.8, 4) is 0 Å². The molecule has 0 spiro atoms. The summed E-state index contributed by atoms with van der Waals surface area (Å²) in [5.41, 5.74) is 2.70. The van der Waals surface area contributed by atoms with Crippen LogP contribution in [0.5, 0.6) is 0 Å². The van der Waals surface area contributed by atoms with Crippen LogP contribution in [0.1, 0.15) is 21.6 Å². The van der Waals surface area contributed by atoms with Crippen molar-refractivity contribution < 1.29 is 8.42 Å². The largest absolute Gasteiger partial charge is 0.243 e. The summed E-state index contributed by atoms with van der Waals surface area (Å²) in [4.78, 5) is 1.47. The van der Waals surface area contributed by atoms with Gasteiger partial charge in [0.15, 0.2) is 0 Å². The van der Waals surface area contributed by atoms with Crippen molar-refractivity contribution >= 4 is 21.4 Å². The van der Waals surface area contributed by atoms with Crippen LogP contribution >= 0.6 is 11.3 Å². The first-order valence-electron chi connectivity index (χ1n) is 6.39. The van der Waals surface area contributed by atoms with E-state index in [2.05, 4.69) is 0 Å². The molecule has 0 N–H and O–H groups in total. The van der Waals surface area contributed by atoms with E-state index in [9.17, 15) is 8.42 Å². The molecule has 0 atom stereocenters. The highest BCUT2D eigenvalue weighted by molar-refractivity contribution is 7.89. The SMILES string of the molecule is Cc1cc(C)c(S(=O)(=O)N(C)Cc2cccs2)c(C)c1. The zero-order valence-corrected chi connectivity index (χ0v) is 13.8. The van der Waals surface area contributed by atoms with Crippen molar-refractivity contribution in [2.45, 2.75) is 32.2 Å². The first kappa shape index (κ1) is 15.2. The molecule has 0 bridgehead atoms. The zero-order valence-electron chi connectivity index (χ0n) is 12.2. The van der Waals surface area contributed by atoms with Crippen molar-refractivity contribution in [3.05, 3.63) is 51.2 Å². The molecule has 0 aliphatic rings. The van der Waals surface area contributed by atoms with Crippen molar-refractivity contribution in [2.75, 3.05) is 7.05 Å². The fourth-order valence-corrected chi connectivity index (χ4v) is 4.83. The third-order valence-electron chi connectivity index (χ3n) is 3.23. The molecule has 0 aliphatic heterocycles. The van der Waals surface area contributed by atoms with E-state index in [0.717, 1.165) is 21.6 Å². The lowest BCUT2D eigenvalue weighted by molar-refractivity contribution is 0.468.